The number of carbonyl (C=O) groups excluding carboxylic acids is 1. The summed E-state index contributed by atoms with van der Waals surface area (Å²) in [5, 5.41) is 0.274. The first-order valence-corrected chi connectivity index (χ1v) is 8.39. The molecule has 0 radical (unpaired) electrons. The van der Waals surface area contributed by atoms with E-state index in [1.54, 1.807) is 4.90 Å². The van der Waals surface area contributed by atoms with E-state index >= 15 is 0 Å². The lowest BCUT2D eigenvalue weighted by atomic mass is 10.0. The second-order valence-electron chi connectivity index (χ2n) is 6.29. The Kier molecular flexibility index (Phi) is 3.54. The number of aromatic nitrogens is 2. The van der Waals surface area contributed by atoms with Crippen molar-refractivity contribution in [1.82, 2.24) is 14.9 Å². The summed E-state index contributed by atoms with van der Waals surface area (Å²) in [5.74, 6) is 1.20. The normalized spacial score (nSPS) is 22.4. The molecule has 23 heavy (non-hydrogen) atoms. The second kappa shape index (κ2) is 5.46. The maximum Gasteiger partial charge on any atom is 0.273 e. The molecule has 1 aliphatic carbocycles. The van der Waals surface area contributed by atoms with Crippen LogP contribution in [0, 0.1) is 5.92 Å². The minimum absolute atomic E-state index is 0.0103. The van der Waals surface area contributed by atoms with Gasteiger partial charge in [-0.05, 0) is 41.0 Å². The summed E-state index contributed by atoms with van der Waals surface area (Å²) in [4.78, 5) is 22.3. The fourth-order valence-corrected chi connectivity index (χ4v) is 3.73. The smallest absolute Gasteiger partial charge is 0.273 e. The number of rotatable bonds is 3. The number of nitrogens with zero attached hydrogens (tertiary/aromatic N) is 3. The Morgan fingerprint density at radius 1 is 1.26 bits per heavy atom. The zero-order valence-corrected chi connectivity index (χ0v) is 14.1. The Morgan fingerprint density at radius 2 is 2.00 bits per heavy atom. The molecule has 118 valence electrons. The molecule has 1 aromatic heterocycles. The van der Waals surface area contributed by atoms with Crippen molar-refractivity contribution in [2.75, 3.05) is 0 Å². The van der Waals surface area contributed by atoms with E-state index in [4.69, 9.17) is 23.2 Å². The van der Waals surface area contributed by atoms with Gasteiger partial charge in [-0.25, -0.2) is 9.97 Å². The molecular weight excluding hydrogens is 333 g/mol. The van der Waals surface area contributed by atoms with E-state index in [1.165, 1.54) is 17.5 Å². The zero-order chi connectivity index (χ0) is 16.1. The van der Waals surface area contributed by atoms with Crippen LogP contribution in [-0.4, -0.2) is 20.8 Å². The lowest BCUT2D eigenvalue weighted by Gasteiger charge is -2.18. The largest absolute Gasteiger partial charge is 0.328 e. The van der Waals surface area contributed by atoms with Crippen LogP contribution in [0.5, 0.6) is 0 Å². The number of amides is 1. The highest BCUT2D eigenvalue weighted by molar-refractivity contribution is 6.33. The summed E-state index contributed by atoms with van der Waals surface area (Å²) in [6, 6.07) is 8.34. The molecule has 6 heteroatoms. The summed E-state index contributed by atoms with van der Waals surface area (Å²) in [5.41, 5.74) is 3.53. The number of carbonyl (C=O) groups is 1. The summed E-state index contributed by atoms with van der Waals surface area (Å²) < 4.78 is 0. The third-order valence-electron chi connectivity index (χ3n) is 4.69. The van der Waals surface area contributed by atoms with E-state index < -0.39 is 0 Å². The van der Waals surface area contributed by atoms with Crippen molar-refractivity contribution in [3.05, 3.63) is 57.1 Å². The molecule has 4 nitrogen and oxygen atoms in total. The fourth-order valence-electron chi connectivity index (χ4n) is 3.29. The molecule has 1 fully saturated rings. The Morgan fingerprint density at radius 3 is 2.74 bits per heavy atom. The van der Waals surface area contributed by atoms with Gasteiger partial charge in [0.25, 0.3) is 5.91 Å². The number of fused-ring (bicyclic) bond motifs is 1. The van der Waals surface area contributed by atoms with Gasteiger partial charge in [0.05, 0.1) is 6.54 Å². The summed E-state index contributed by atoms with van der Waals surface area (Å²) in [6.45, 7) is 3.25. The molecule has 1 unspecified atom stereocenters. The SMILES string of the molecule is CC1C[C@@H]1c1ccccc1CN1Cc2c(Cl)nc(Cl)nc2C1=O. The van der Waals surface area contributed by atoms with Crippen molar-refractivity contribution in [2.45, 2.75) is 32.4 Å². The molecule has 2 aliphatic rings. The summed E-state index contributed by atoms with van der Waals surface area (Å²) in [7, 11) is 0. The van der Waals surface area contributed by atoms with Crippen LogP contribution < -0.4 is 0 Å². The first-order chi connectivity index (χ1) is 11.0. The van der Waals surface area contributed by atoms with Gasteiger partial charge in [-0.1, -0.05) is 42.8 Å². The molecule has 0 N–H and O–H groups in total. The van der Waals surface area contributed by atoms with Gasteiger partial charge in [0, 0.05) is 12.1 Å². The summed E-state index contributed by atoms with van der Waals surface area (Å²) >= 11 is 11.9. The predicted octanol–water partition coefficient (Wildman–Crippen LogP) is 4.06. The minimum Gasteiger partial charge on any atom is -0.328 e. The molecule has 1 aliphatic heterocycles. The number of hydrogen-bond donors (Lipinski definition) is 0. The molecule has 1 aromatic carbocycles. The highest BCUT2D eigenvalue weighted by atomic mass is 35.5. The Bertz CT molecular complexity index is 808. The molecule has 4 rings (SSSR count). The highest BCUT2D eigenvalue weighted by Gasteiger charge is 2.37. The number of hydrogen-bond acceptors (Lipinski definition) is 3. The van der Waals surface area contributed by atoms with Crippen LogP contribution in [-0.2, 0) is 13.1 Å². The first-order valence-electron chi connectivity index (χ1n) is 7.63. The Labute approximate surface area is 144 Å². The van der Waals surface area contributed by atoms with Crippen molar-refractivity contribution in [2.24, 2.45) is 5.92 Å². The third kappa shape index (κ3) is 2.60. The summed E-state index contributed by atoms with van der Waals surface area (Å²) in [6.07, 6.45) is 1.22. The minimum atomic E-state index is -0.134. The maximum absolute atomic E-state index is 12.6. The lowest BCUT2D eigenvalue weighted by Crippen LogP contribution is -2.24. The Hall–Kier alpha value is -1.65. The van der Waals surface area contributed by atoms with Crippen LogP contribution in [0.15, 0.2) is 24.3 Å². The van der Waals surface area contributed by atoms with Crippen LogP contribution in [0.1, 0.15) is 46.4 Å². The van der Waals surface area contributed by atoms with E-state index in [0.717, 1.165) is 5.92 Å². The van der Waals surface area contributed by atoms with E-state index in [0.29, 0.717) is 30.3 Å². The van der Waals surface area contributed by atoms with Crippen molar-refractivity contribution in [1.29, 1.82) is 0 Å². The number of benzene rings is 1. The van der Waals surface area contributed by atoms with Crippen LogP contribution in [0.3, 0.4) is 0 Å². The topological polar surface area (TPSA) is 46.1 Å². The van der Waals surface area contributed by atoms with Crippen LogP contribution in [0.25, 0.3) is 0 Å². The van der Waals surface area contributed by atoms with Gasteiger partial charge in [0.2, 0.25) is 5.28 Å². The van der Waals surface area contributed by atoms with E-state index in [1.807, 2.05) is 6.07 Å². The standard InChI is InChI=1S/C17H15Cl2N3O/c1-9-6-12(9)11-5-3-2-4-10(11)7-22-8-13-14(16(22)23)20-17(19)21-15(13)18/h2-5,9,12H,6-8H2,1H3/t9?,12-/m0/s1. The number of halogens is 2. The highest BCUT2D eigenvalue weighted by Crippen LogP contribution is 2.48. The molecule has 1 saturated carbocycles. The van der Waals surface area contributed by atoms with Crippen LogP contribution in [0.2, 0.25) is 10.4 Å². The van der Waals surface area contributed by atoms with Gasteiger partial charge >= 0.3 is 0 Å². The van der Waals surface area contributed by atoms with Crippen molar-refractivity contribution in [3.63, 3.8) is 0 Å². The molecule has 2 atom stereocenters. The van der Waals surface area contributed by atoms with Crippen LogP contribution in [0.4, 0.5) is 0 Å². The molecule has 0 saturated heterocycles. The van der Waals surface area contributed by atoms with Gasteiger partial charge in [0.15, 0.2) is 0 Å². The average molecular weight is 348 g/mol. The zero-order valence-electron chi connectivity index (χ0n) is 12.6. The van der Waals surface area contributed by atoms with Gasteiger partial charge in [-0.2, -0.15) is 0 Å². The first kappa shape index (κ1) is 14.9. The van der Waals surface area contributed by atoms with Crippen molar-refractivity contribution < 1.29 is 4.79 Å². The van der Waals surface area contributed by atoms with E-state index in [-0.39, 0.29) is 16.3 Å². The van der Waals surface area contributed by atoms with Gasteiger partial charge < -0.3 is 4.90 Å². The van der Waals surface area contributed by atoms with E-state index in [9.17, 15) is 4.79 Å². The van der Waals surface area contributed by atoms with Gasteiger partial charge in [-0.15, -0.1) is 0 Å². The lowest BCUT2D eigenvalue weighted by molar-refractivity contribution is 0.0762. The fraction of sp³-hybridized carbons (Fsp3) is 0.353. The second-order valence-corrected chi connectivity index (χ2v) is 6.99. The van der Waals surface area contributed by atoms with Crippen LogP contribution >= 0.6 is 23.2 Å². The van der Waals surface area contributed by atoms with Crippen molar-refractivity contribution >= 4 is 29.1 Å². The van der Waals surface area contributed by atoms with E-state index in [2.05, 4.69) is 35.1 Å². The van der Waals surface area contributed by atoms with Gasteiger partial charge in [0.1, 0.15) is 10.8 Å². The molecule has 2 heterocycles. The maximum atomic E-state index is 12.6. The quantitative estimate of drug-likeness (QED) is 0.621. The molecule has 2 aromatic rings. The monoisotopic (exact) mass is 347 g/mol. The predicted molar refractivity (Wildman–Crippen MR) is 88.6 cm³/mol. The molecule has 0 bridgehead atoms. The third-order valence-corrected chi connectivity index (χ3v) is 5.18. The van der Waals surface area contributed by atoms with Gasteiger partial charge in [-0.3, -0.25) is 4.79 Å². The Balaban J connectivity index is 1.62. The molecule has 1 amide bonds. The average Bonchev–Trinajstić information content (AvgIpc) is 3.16. The van der Waals surface area contributed by atoms with Crippen molar-refractivity contribution in [3.8, 4) is 0 Å². The molecular formula is C17H15Cl2N3O. The molecule has 0 spiro atoms.